The van der Waals surface area contributed by atoms with Crippen LogP contribution in [0.2, 0.25) is 0 Å². The summed E-state index contributed by atoms with van der Waals surface area (Å²) in [5.41, 5.74) is 5.39. The molecule has 0 spiro atoms. The number of carbonyl (C=O) groups excluding carboxylic acids is 1. The Kier molecular flexibility index (Phi) is 5.04. The molecule has 1 heterocycles. The van der Waals surface area contributed by atoms with E-state index in [1.807, 2.05) is 38.1 Å². The highest BCUT2D eigenvalue weighted by Gasteiger charge is 2.05. The van der Waals surface area contributed by atoms with Gasteiger partial charge in [0.2, 0.25) is 0 Å². The van der Waals surface area contributed by atoms with E-state index in [1.54, 1.807) is 18.5 Å². The maximum Gasteiger partial charge on any atom is 0.277 e. The average Bonchev–Trinajstić information content (AvgIpc) is 2.50. The number of hydrazone groups is 1. The third-order valence-electron chi connectivity index (χ3n) is 3.00. The van der Waals surface area contributed by atoms with E-state index >= 15 is 0 Å². The Morgan fingerprint density at radius 2 is 2.19 bits per heavy atom. The van der Waals surface area contributed by atoms with Gasteiger partial charge in [-0.15, -0.1) is 0 Å². The van der Waals surface area contributed by atoms with Crippen molar-refractivity contribution in [2.45, 2.75) is 13.8 Å². The third-order valence-corrected chi connectivity index (χ3v) is 3.00. The number of hydrogen-bond donors (Lipinski definition) is 1. The molecule has 1 N–H and O–H groups in total. The Morgan fingerprint density at radius 1 is 1.33 bits per heavy atom. The SMILES string of the molecule is Cc1cccc(OCC(=O)N/N=C/c2cccnc2)c1C. The maximum atomic E-state index is 11.6. The minimum atomic E-state index is -0.309. The van der Waals surface area contributed by atoms with Gasteiger partial charge in [0.1, 0.15) is 5.75 Å². The first-order valence-corrected chi connectivity index (χ1v) is 6.58. The second kappa shape index (κ2) is 7.19. The number of pyridine rings is 1. The van der Waals surface area contributed by atoms with E-state index in [2.05, 4.69) is 15.5 Å². The number of carbonyl (C=O) groups is 1. The quantitative estimate of drug-likeness (QED) is 0.676. The molecular weight excluding hydrogens is 266 g/mol. The van der Waals surface area contributed by atoms with Gasteiger partial charge in [0.25, 0.3) is 5.91 Å². The Bertz CT molecular complexity index is 639. The van der Waals surface area contributed by atoms with Crippen LogP contribution in [0.4, 0.5) is 0 Å². The van der Waals surface area contributed by atoms with Gasteiger partial charge in [0, 0.05) is 18.0 Å². The van der Waals surface area contributed by atoms with E-state index < -0.39 is 0 Å². The minimum absolute atomic E-state index is 0.0747. The molecule has 0 saturated carbocycles. The van der Waals surface area contributed by atoms with E-state index in [0.29, 0.717) is 5.75 Å². The molecular formula is C16H17N3O2. The Hall–Kier alpha value is -2.69. The smallest absolute Gasteiger partial charge is 0.277 e. The van der Waals surface area contributed by atoms with E-state index in [9.17, 15) is 4.79 Å². The molecule has 0 aliphatic carbocycles. The van der Waals surface area contributed by atoms with Crippen molar-refractivity contribution in [3.63, 3.8) is 0 Å². The number of aryl methyl sites for hydroxylation is 1. The Balaban J connectivity index is 1.83. The minimum Gasteiger partial charge on any atom is -0.483 e. The van der Waals surface area contributed by atoms with Crippen LogP contribution >= 0.6 is 0 Å². The summed E-state index contributed by atoms with van der Waals surface area (Å²) in [5, 5.41) is 3.85. The molecule has 21 heavy (non-hydrogen) atoms. The molecule has 108 valence electrons. The summed E-state index contributed by atoms with van der Waals surface area (Å²) in [6, 6.07) is 9.38. The van der Waals surface area contributed by atoms with Crippen LogP contribution in [-0.4, -0.2) is 23.7 Å². The van der Waals surface area contributed by atoms with Crippen LogP contribution in [-0.2, 0) is 4.79 Å². The van der Waals surface area contributed by atoms with Crippen LogP contribution in [0.1, 0.15) is 16.7 Å². The van der Waals surface area contributed by atoms with Crippen LogP contribution in [0, 0.1) is 13.8 Å². The molecule has 0 bridgehead atoms. The summed E-state index contributed by atoms with van der Waals surface area (Å²) >= 11 is 0. The van der Waals surface area contributed by atoms with Crippen molar-refractivity contribution < 1.29 is 9.53 Å². The molecule has 0 saturated heterocycles. The molecule has 0 fully saturated rings. The first-order chi connectivity index (χ1) is 10.2. The van der Waals surface area contributed by atoms with Gasteiger partial charge in [-0.05, 0) is 37.1 Å². The number of nitrogens with one attached hydrogen (secondary N) is 1. The first kappa shape index (κ1) is 14.7. The fourth-order valence-corrected chi connectivity index (χ4v) is 1.69. The zero-order valence-electron chi connectivity index (χ0n) is 12.0. The molecule has 2 rings (SSSR count). The normalized spacial score (nSPS) is 10.6. The summed E-state index contributed by atoms with van der Waals surface area (Å²) in [4.78, 5) is 15.6. The van der Waals surface area contributed by atoms with Crippen molar-refractivity contribution >= 4 is 12.1 Å². The highest BCUT2D eigenvalue weighted by molar-refractivity contribution is 5.82. The van der Waals surface area contributed by atoms with Crippen LogP contribution in [0.3, 0.4) is 0 Å². The third kappa shape index (κ3) is 4.42. The van der Waals surface area contributed by atoms with Crippen molar-refractivity contribution in [1.82, 2.24) is 10.4 Å². The largest absolute Gasteiger partial charge is 0.483 e. The summed E-state index contributed by atoms with van der Waals surface area (Å²) < 4.78 is 5.48. The fraction of sp³-hybridized carbons (Fsp3) is 0.188. The van der Waals surface area contributed by atoms with E-state index in [0.717, 1.165) is 16.7 Å². The van der Waals surface area contributed by atoms with Crippen LogP contribution in [0.25, 0.3) is 0 Å². The zero-order chi connectivity index (χ0) is 15.1. The molecule has 5 nitrogen and oxygen atoms in total. The molecule has 1 aromatic carbocycles. The van der Waals surface area contributed by atoms with Gasteiger partial charge in [0.05, 0.1) is 6.21 Å². The van der Waals surface area contributed by atoms with Gasteiger partial charge in [-0.2, -0.15) is 5.10 Å². The molecule has 0 radical (unpaired) electrons. The number of hydrogen-bond acceptors (Lipinski definition) is 4. The monoisotopic (exact) mass is 283 g/mol. The van der Waals surface area contributed by atoms with Gasteiger partial charge in [-0.25, -0.2) is 5.43 Å². The highest BCUT2D eigenvalue weighted by atomic mass is 16.5. The molecule has 0 aliphatic rings. The first-order valence-electron chi connectivity index (χ1n) is 6.58. The Labute approximate surface area is 123 Å². The fourth-order valence-electron chi connectivity index (χ4n) is 1.69. The Morgan fingerprint density at radius 3 is 2.95 bits per heavy atom. The lowest BCUT2D eigenvalue weighted by atomic mass is 10.1. The lowest BCUT2D eigenvalue weighted by Crippen LogP contribution is -2.24. The van der Waals surface area contributed by atoms with Gasteiger partial charge < -0.3 is 4.74 Å². The molecule has 1 aromatic heterocycles. The van der Waals surface area contributed by atoms with E-state index in [-0.39, 0.29) is 12.5 Å². The zero-order valence-corrected chi connectivity index (χ0v) is 12.0. The standard InChI is InChI=1S/C16H17N3O2/c1-12-5-3-7-15(13(12)2)21-11-16(20)19-18-10-14-6-4-8-17-9-14/h3-10H,11H2,1-2H3,(H,19,20)/b18-10+. The highest BCUT2D eigenvalue weighted by Crippen LogP contribution is 2.20. The van der Waals surface area contributed by atoms with Gasteiger partial charge in [-0.1, -0.05) is 18.2 Å². The number of amides is 1. The summed E-state index contributed by atoms with van der Waals surface area (Å²) in [6.07, 6.45) is 4.86. The molecule has 5 heteroatoms. The number of aromatic nitrogens is 1. The number of ether oxygens (including phenoxy) is 1. The molecule has 1 amide bonds. The summed E-state index contributed by atoms with van der Waals surface area (Å²) in [5.74, 6) is 0.400. The summed E-state index contributed by atoms with van der Waals surface area (Å²) in [6.45, 7) is 3.89. The second-order valence-electron chi connectivity index (χ2n) is 4.57. The van der Waals surface area contributed by atoms with Crippen LogP contribution in [0.15, 0.2) is 47.8 Å². The number of nitrogens with zero attached hydrogens (tertiary/aromatic N) is 2. The van der Waals surface area contributed by atoms with E-state index in [4.69, 9.17) is 4.74 Å². The second-order valence-corrected chi connectivity index (χ2v) is 4.57. The van der Waals surface area contributed by atoms with Crippen LogP contribution in [0.5, 0.6) is 5.75 Å². The van der Waals surface area contributed by atoms with Crippen molar-refractivity contribution in [2.75, 3.05) is 6.61 Å². The van der Waals surface area contributed by atoms with Crippen molar-refractivity contribution in [3.05, 3.63) is 59.4 Å². The van der Waals surface area contributed by atoms with Crippen molar-refractivity contribution in [1.29, 1.82) is 0 Å². The van der Waals surface area contributed by atoms with Crippen molar-refractivity contribution in [2.24, 2.45) is 5.10 Å². The number of rotatable bonds is 5. The lowest BCUT2D eigenvalue weighted by molar-refractivity contribution is -0.123. The summed E-state index contributed by atoms with van der Waals surface area (Å²) in [7, 11) is 0. The lowest BCUT2D eigenvalue weighted by Gasteiger charge is -2.09. The van der Waals surface area contributed by atoms with E-state index in [1.165, 1.54) is 6.21 Å². The van der Waals surface area contributed by atoms with Crippen molar-refractivity contribution in [3.8, 4) is 5.75 Å². The molecule has 2 aromatic rings. The van der Waals surface area contributed by atoms with Crippen LogP contribution < -0.4 is 10.2 Å². The predicted octanol–water partition coefficient (Wildman–Crippen LogP) is 2.23. The topological polar surface area (TPSA) is 63.6 Å². The van der Waals surface area contributed by atoms with Gasteiger partial charge in [0.15, 0.2) is 6.61 Å². The molecule has 0 aliphatic heterocycles. The maximum absolute atomic E-state index is 11.6. The van der Waals surface area contributed by atoms with Gasteiger partial charge >= 0.3 is 0 Å². The molecule has 0 unspecified atom stereocenters. The van der Waals surface area contributed by atoms with Gasteiger partial charge in [-0.3, -0.25) is 9.78 Å². The number of benzene rings is 1. The average molecular weight is 283 g/mol. The molecule has 0 atom stereocenters. The predicted molar refractivity (Wildman–Crippen MR) is 81.4 cm³/mol.